The Morgan fingerprint density at radius 3 is 2.93 bits per heavy atom. The zero-order chi connectivity index (χ0) is 9.71. The molecule has 0 aromatic heterocycles. The van der Waals surface area contributed by atoms with Crippen molar-refractivity contribution in [3.05, 3.63) is 28.8 Å². The molecule has 1 N–H and O–H groups in total. The Morgan fingerprint density at radius 1 is 1.21 bits per heavy atom. The van der Waals surface area contributed by atoms with Crippen molar-refractivity contribution in [1.29, 1.82) is 0 Å². The predicted octanol–water partition coefficient (Wildman–Crippen LogP) is 0.852. The lowest BCUT2D eigenvalue weighted by Gasteiger charge is -2.02. The lowest BCUT2D eigenvalue weighted by Crippen LogP contribution is -2.12. The van der Waals surface area contributed by atoms with Gasteiger partial charge in [-0.2, -0.15) is 0 Å². The summed E-state index contributed by atoms with van der Waals surface area (Å²) >= 11 is 0. The Bertz CT molecular complexity index is 465. The van der Waals surface area contributed by atoms with Gasteiger partial charge in [-0.15, -0.1) is 0 Å². The first-order valence-electron chi connectivity index (χ1n) is 4.35. The van der Waals surface area contributed by atoms with Crippen LogP contribution in [0, 0.1) is 0 Å². The topological polar surface area (TPSA) is 55.4 Å². The largest absolute Gasteiger partial charge is 0.372 e. The van der Waals surface area contributed by atoms with E-state index >= 15 is 0 Å². The Kier molecular flexibility index (Phi) is 1.33. The summed E-state index contributed by atoms with van der Waals surface area (Å²) in [5, 5.41) is 2.58. The van der Waals surface area contributed by atoms with Gasteiger partial charge in [-0.05, 0) is 11.6 Å². The molecule has 0 saturated carbocycles. The standard InChI is InChI=1S/C10H7NO3/c12-9-6-2-1-5-3-14-4-7(5)8(6)11-10(9)13/h1-2H,3-4H2,(H,11,12,13). The van der Waals surface area contributed by atoms with Gasteiger partial charge in [0.25, 0.3) is 11.7 Å². The van der Waals surface area contributed by atoms with Crippen LogP contribution >= 0.6 is 0 Å². The fraction of sp³-hybridized carbons (Fsp3) is 0.200. The summed E-state index contributed by atoms with van der Waals surface area (Å²) in [6.07, 6.45) is 0. The predicted molar refractivity (Wildman–Crippen MR) is 47.9 cm³/mol. The molecule has 2 aliphatic heterocycles. The molecule has 0 bridgehead atoms. The van der Waals surface area contributed by atoms with E-state index in [0.29, 0.717) is 24.5 Å². The third-order valence-electron chi connectivity index (χ3n) is 2.60. The Hall–Kier alpha value is -1.68. The maximum absolute atomic E-state index is 11.3. The Morgan fingerprint density at radius 2 is 2.07 bits per heavy atom. The minimum atomic E-state index is -0.541. The quantitative estimate of drug-likeness (QED) is 0.615. The first kappa shape index (κ1) is 7.70. The Balaban J connectivity index is 2.27. The molecule has 0 fully saturated rings. The second kappa shape index (κ2) is 2.42. The van der Waals surface area contributed by atoms with Gasteiger partial charge in [-0.3, -0.25) is 9.59 Å². The molecule has 2 aliphatic rings. The van der Waals surface area contributed by atoms with Crippen molar-refractivity contribution >= 4 is 17.4 Å². The van der Waals surface area contributed by atoms with Crippen LogP contribution in [0.3, 0.4) is 0 Å². The molecule has 0 unspecified atom stereocenters. The van der Waals surface area contributed by atoms with Gasteiger partial charge in [0.15, 0.2) is 0 Å². The molecule has 0 atom stereocenters. The number of carbonyl (C=O) groups is 2. The first-order chi connectivity index (χ1) is 6.77. The molecule has 1 aromatic rings. The molecule has 0 aliphatic carbocycles. The maximum Gasteiger partial charge on any atom is 0.296 e. The summed E-state index contributed by atoms with van der Waals surface area (Å²) in [5.74, 6) is -0.991. The summed E-state index contributed by atoms with van der Waals surface area (Å²) in [6, 6.07) is 3.53. The molecule has 0 saturated heterocycles. The molecule has 70 valence electrons. The van der Waals surface area contributed by atoms with Gasteiger partial charge in [0.1, 0.15) is 0 Å². The lowest BCUT2D eigenvalue weighted by molar-refractivity contribution is -0.112. The van der Waals surface area contributed by atoms with E-state index in [1.165, 1.54) is 0 Å². The van der Waals surface area contributed by atoms with Crippen LogP contribution in [0.1, 0.15) is 21.5 Å². The number of ketones is 1. The molecule has 4 heteroatoms. The van der Waals surface area contributed by atoms with Crippen LogP contribution in [0.5, 0.6) is 0 Å². The number of Topliss-reactive ketones (excluding diaryl/α,β-unsaturated/α-hetero) is 1. The van der Waals surface area contributed by atoms with E-state index in [4.69, 9.17) is 4.74 Å². The van der Waals surface area contributed by atoms with Gasteiger partial charge in [0.05, 0.1) is 24.5 Å². The molecule has 1 amide bonds. The van der Waals surface area contributed by atoms with Crippen LogP contribution in [0.25, 0.3) is 0 Å². The lowest BCUT2D eigenvalue weighted by atomic mass is 10.0. The van der Waals surface area contributed by atoms with Crippen molar-refractivity contribution in [1.82, 2.24) is 0 Å². The minimum absolute atomic E-state index is 0.449. The highest BCUT2D eigenvalue weighted by Crippen LogP contribution is 2.33. The molecule has 1 aromatic carbocycles. The van der Waals surface area contributed by atoms with Gasteiger partial charge in [-0.25, -0.2) is 0 Å². The van der Waals surface area contributed by atoms with E-state index in [-0.39, 0.29) is 0 Å². The van der Waals surface area contributed by atoms with Crippen LogP contribution in [0.2, 0.25) is 0 Å². The zero-order valence-electron chi connectivity index (χ0n) is 7.29. The van der Waals surface area contributed by atoms with Gasteiger partial charge >= 0.3 is 0 Å². The van der Waals surface area contributed by atoms with Crippen LogP contribution in [-0.4, -0.2) is 11.7 Å². The summed E-state index contributed by atoms with van der Waals surface area (Å²) in [6.45, 7) is 1.04. The number of fused-ring (bicyclic) bond motifs is 3. The number of amides is 1. The van der Waals surface area contributed by atoms with Crippen molar-refractivity contribution in [2.24, 2.45) is 0 Å². The molecular weight excluding hydrogens is 182 g/mol. The van der Waals surface area contributed by atoms with Crippen LogP contribution in [0.15, 0.2) is 12.1 Å². The van der Waals surface area contributed by atoms with Gasteiger partial charge in [0.2, 0.25) is 0 Å². The molecule has 3 rings (SSSR count). The molecule has 2 heterocycles. The third kappa shape index (κ3) is 0.807. The van der Waals surface area contributed by atoms with E-state index < -0.39 is 11.7 Å². The second-order valence-corrected chi connectivity index (χ2v) is 3.40. The third-order valence-corrected chi connectivity index (χ3v) is 2.60. The maximum atomic E-state index is 11.3. The van der Waals surface area contributed by atoms with Gasteiger partial charge < -0.3 is 10.1 Å². The molecule has 0 radical (unpaired) electrons. The number of benzene rings is 1. The zero-order valence-corrected chi connectivity index (χ0v) is 7.29. The van der Waals surface area contributed by atoms with Crippen LogP contribution in [-0.2, 0) is 22.7 Å². The summed E-state index contributed by atoms with van der Waals surface area (Å²) in [4.78, 5) is 22.5. The summed E-state index contributed by atoms with van der Waals surface area (Å²) in [5.41, 5.74) is 3.12. The van der Waals surface area contributed by atoms with Crippen LogP contribution in [0.4, 0.5) is 5.69 Å². The average molecular weight is 189 g/mol. The van der Waals surface area contributed by atoms with Crippen molar-refractivity contribution in [3.63, 3.8) is 0 Å². The number of carbonyl (C=O) groups excluding carboxylic acids is 2. The van der Waals surface area contributed by atoms with Crippen LogP contribution < -0.4 is 5.32 Å². The molecule has 0 spiro atoms. The number of ether oxygens (including phenoxy) is 1. The fourth-order valence-electron chi connectivity index (χ4n) is 1.88. The first-order valence-corrected chi connectivity index (χ1v) is 4.35. The van der Waals surface area contributed by atoms with E-state index in [2.05, 4.69) is 5.32 Å². The highest BCUT2D eigenvalue weighted by molar-refractivity contribution is 6.51. The molecular formula is C10H7NO3. The molecule has 4 nitrogen and oxygen atoms in total. The summed E-state index contributed by atoms with van der Waals surface area (Å²) in [7, 11) is 0. The van der Waals surface area contributed by atoms with E-state index in [1.807, 2.05) is 6.07 Å². The number of rotatable bonds is 0. The number of anilines is 1. The normalized spacial score (nSPS) is 18.0. The smallest absolute Gasteiger partial charge is 0.296 e. The van der Waals surface area contributed by atoms with Crippen molar-refractivity contribution in [3.8, 4) is 0 Å². The van der Waals surface area contributed by atoms with E-state index in [0.717, 1.165) is 11.1 Å². The fourth-order valence-corrected chi connectivity index (χ4v) is 1.88. The number of hydrogen-bond acceptors (Lipinski definition) is 3. The highest BCUT2D eigenvalue weighted by Gasteiger charge is 2.32. The van der Waals surface area contributed by atoms with E-state index in [1.54, 1.807) is 6.07 Å². The molecule has 14 heavy (non-hydrogen) atoms. The second-order valence-electron chi connectivity index (χ2n) is 3.40. The van der Waals surface area contributed by atoms with Crippen molar-refractivity contribution < 1.29 is 14.3 Å². The van der Waals surface area contributed by atoms with Gasteiger partial charge in [0, 0.05) is 5.56 Å². The van der Waals surface area contributed by atoms with E-state index in [9.17, 15) is 9.59 Å². The highest BCUT2D eigenvalue weighted by atomic mass is 16.5. The minimum Gasteiger partial charge on any atom is -0.372 e. The van der Waals surface area contributed by atoms with Crippen molar-refractivity contribution in [2.75, 3.05) is 5.32 Å². The summed E-state index contributed by atoms with van der Waals surface area (Å²) < 4.78 is 5.25. The SMILES string of the molecule is O=C1Nc2c(ccc3c2COC3)C1=O. The number of hydrogen-bond donors (Lipinski definition) is 1. The Labute approximate surface area is 79.9 Å². The monoisotopic (exact) mass is 189 g/mol. The number of nitrogens with one attached hydrogen (secondary N) is 1. The van der Waals surface area contributed by atoms with Gasteiger partial charge in [-0.1, -0.05) is 6.07 Å². The average Bonchev–Trinajstić information content (AvgIpc) is 2.73. The van der Waals surface area contributed by atoms with Crippen molar-refractivity contribution in [2.45, 2.75) is 13.2 Å².